The fourth-order valence-electron chi connectivity index (χ4n) is 2.27. The van der Waals surface area contributed by atoms with E-state index in [1.807, 2.05) is 12.5 Å². The van der Waals surface area contributed by atoms with Crippen LogP contribution in [0.4, 0.5) is 0 Å². The predicted octanol–water partition coefficient (Wildman–Crippen LogP) is 1.97. The lowest BCUT2D eigenvalue weighted by Crippen LogP contribution is -2.21. The number of imidazole rings is 1. The average Bonchev–Trinajstić information content (AvgIpc) is 2.96. The van der Waals surface area contributed by atoms with E-state index in [-0.39, 0.29) is 6.04 Å². The summed E-state index contributed by atoms with van der Waals surface area (Å²) in [6.07, 6.45) is 6.15. The third-order valence-corrected chi connectivity index (χ3v) is 3.61. The highest BCUT2D eigenvalue weighted by Gasteiger charge is 2.18. The van der Waals surface area contributed by atoms with Gasteiger partial charge in [-0.15, -0.1) is 0 Å². The van der Waals surface area contributed by atoms with E-state index in [0.717, 1.165) is 31.9 Å². The van der Waals surface area contributed by atoms with Crippen molar-refractivity contribution in [1.82, 2.24) is 9.55 Å². The van der Waals surface area contributed by atoms with Gasteiger partial charge >= 0.3 is 0 Å². The Morgan fingerprint density at radius 2 is 2.41 bits per heavy atom. The largest absolute Gasteiger partial charge is 0.381 e. The fourth-order valence-corrected chi connectivity index (χ4v) is 2.27. The van der Waals surface area contributed by atoms with Crippen LogP contribution < -0.4 is 5.73 Å². The van der Waals surface area contributed by atoms with E-state index in [1.54, 1.807) is 0 Å². The molecule has 2 N–H and O–H groups in total. The first-order valence-electron chi connectivity index (χ1n) is 6.52. The van der Waals surface area contributed by atoms with Crippen molar-refractivity contribution in [3.05, 3.63) is 18.2 Å². The second-order valence-electron chi connectivity index (χ2n) is 5.30. The SMILES string of the molecule is CC(C)C(N)c1cncn1CCC1CCOC1. The topological polar surface area (TPSA) is 53.1 Å². The van der Waals surface area contributed by atoms with E-state index in [9.17, 15) is 0 Å². The Morgan fingerprint density at radius 3 is 3.06 bits per heavy atom. The van der Waals surface area contributed by atoms with Crippen molar-refractivity contribution < 1.29 is 4.74 Å². The first-order chi connectivity index (χ1) is 8.18. The Kier molecular flexibility index (Phi) is 4.18. The monoisotopic (exact) mass is 237 g/mol. The molecule has 0 amide bonds. The summed E-state index contributed by atoms with van der Waals surface area (Å²) < 4.78 is 7.59. The highest BCUT2D eigenvalue weighted by molar-refractivity contribution is 5.05. The summed E-state index contributed by atoms with van der Waals surface area (Å²) in [5, 5.41) is 0. The molecule has 0 radical (unpaired) electrons. The van der Waals surface area contributed by atoms with Crippen molar-refractivity contribution in [2.75, 3.05) is 13.2 Å². The molecule has 0 bridgehead atoms. The molecule has 2 unspecified atom stereocenters. The highest BCUT2D eigenvalue weighted by Crippen LogP contribution is 2.21. The molecule has 4 heteroatoms. The first-order valence-corrected chi connectivity index (χ1v) is 6.52. The molecule has 0 aromatic carbocycles. The van der Waals surface area contributed by atoms with Crippen molar-refractivity contribution in [1.29, 1.82) is 0 Å². The number of rotatable bonds is 5. The van der Waals surface area contributed by atoms with Gasteiger partial charge in [-0.1, -0.05) is 13.8 Å². The maximum absolute atomic E-state index is 6.18. The minimum absolute atomic E-state index is 0.0809. The molecule has 2 atom stereocenters. The van der Waals surface area contributed by atoms with Crippen molar-refractivity contribution in [3.63, 3.8) is 0 Å². The highest BCUT2D eigenvalue weighted by atomic mass is 16.5. The number of nitrogens with zero attached hydrogens (tertiary/aromatic N) is 2. The van der Waals surface area contributed by atoms with Crippen LogP contribution in [-0.4, -0.2) is 22.8 Å². The molecule has 96 valence electrons. The molecule has 4 nitrogen and oxygen atoms in total. The van der Waals surface area contributed by atoms with Gasteiger partial charge in [-0.25, -0.2) is 4.98 Å². The van der Waals surface area contributed by atoms with Gasteiger partial charge in [0.1, 0.15) is 0 Å². The lowest BCUT2D eigenvalue weighted by Gasteiger charge is -2.18. The summed E-state index contributed by atoms with van der Waals surface area (Å²) in [7, 11) is 0. The van der Waals surface area contributed by atoms with Crippen LogP contribution in [0.3, 0.4) is 0 Å². The van der Waals surface area contributed by atoms with Gasteiger partial charge in [0.2, 0.25) is 0 Å². The van der Waals surface area contributed by atoms with Crippen LogP contribution in [0, 0.1) is 11.8 Å². The Labute approximate surface area is 103 Å². The Hall–Kier alpha value is -0.870. The van der Waals surface area contributed by atoms with Crippen LogP contribution in [0.25, 0.3) is 0 Å². The molecule has 1 aromatic heterocycles. The van der Waals surface area contributed by atoms with Gasteiger partial charge in [-0.3, -0.25) is 0 Å². The molecule has 17 heavy (non-hydrogen) atoms. The van der Waals surface area contributed by atoms with E-state index >= 15 is 0 Å². The van der Waals surface area contributed by atoms with Crippen LogP contribution >= 0.6 is 0 Å². The van der Waals surface area contributed by atoms with Gasteiger partial charge in [0, 0.05) is 32.0 Å². The molecule has 2 rings (SSSR count). The van der Waals surface area contributed by atoms with E-state index in [0.29, 0.717) is 11.8 Å². The molecule has 1 aliphatic heterocycles. The summed E-state index contributed by atoms with van der Waals surface area (Å²) >= 11 is 0. The number of aromatic nitrogens is 2. The fraction of sp³-hybridized carbons (Fsp3) is 0.769. The van der Waals surface area contributed by atoms with E-state index in [1.165, 1.54) is 6.42 Å². The summed E-state index contributed by atoms with van der Waals surface area (Å²) in [6, 6.07) is 0.0809. The predicted molar refractivity (Wildman–Crippen MR) is 67.5 cm³/mol. The third-order valence-electron chi connectivity index (χ3n) is 3.61. The van der Waals surface area contributed by atoms with Gasteiger partial charge in [0.25, 0.3) is 0 Å². The lowest BCUT2D eigenvalue weighted by atomic mass is 10.0. The Balaban J connectivity index is 1.93. The molecule has 0 aliphatic carbocycles. The minimum atomic E-state index is 0.0809. The van der Waals surface area contributed by atoms with Crippen molar-refractivity contribution in [2.24, 2.45) is 17.6 Å². The first kappa shape index (κ1) is 12.6. The third kappa shape index (κ3) is 3.07. The van der Waals surface area contributed by atoms with Crippen LogP contribution in [0.1, 0.15) is 38.4 Å². The molecule has 0 saturated carbocycles. The molecule has 0 spiro atoms. The summed E-state index contributed by atoms with van der Waals surface area (Å²) in [5.74, 6) is 1.15. The Bertz CT molecular complexity index is 342. The maximum atomic E-state index is 6.18. The standard InChI is InChI=1S/C13H23N3O/c1-10(2)13(14)12-7-15-9-16(12)5-3-11-4-6-17-8-11/h7,9-11,13H,3-6,8,14H2,1-2H3. The average molecular weight is 237 g/mol. The molecular weight excluding hydrogens is 214 g/mol. The van der Waals surface area contributed by atoms with Gasteiger partial charge < -0.3 is 15.0 Å². The van der Waals surface area contributed by atoms with Gasteiger partial charge in [0.15, 0.2) is 0 Å². The number of hydrogen-bond donors (Lipinski definition) is 1. The van der Waals surface area contributed by atoms with Crippen LogP contribution in [0.15, 0.2) is 12.5 Å². The van der Waals surface area contributed by atoms with E-state index in [4.69, 9.17) is 10.5 Å². The van der Waals surface area contributed by atoms with E-state index in [2.05, 4.69) is 23.4 Å². The molecule has 1 aliphatic rings. The zero-order valence-corrected chi connectivity index (χ0v) is 10.8. The quantitative estimate of drug-likeness (QED) is 0.851. The van der Waals surface area contributed by atoms with Crippen molar-refractivity contribution in [3.8, 4) is 0 Å². The normalized spacial score (nSPS) is 22.2. The summed E-state index contributed by atoms with van der Waals surface area (Å²) in [6.45, 7) is 7.14. The van der Waals surface area contributed by atoms with Gasteiger partial charge in [-0.2, -0.15) is 0 Å². The van der Waals surface area contributed by atoms with Crippen LogP contribution in [0.2, 0.25) is 0 Å². The maximum Gasteiger partial charge on any atom is 0.0948 e. The van der Waals surface area contributed by atoms with Crippen LogP contribution in [0.5, 0.6) is 0 Å². The molecular formula is C13H23N3O. The number of nitrogens with two attached hydrogens (primary N) is 1. The lowest BCUT2D eigenvalue weighted by molar-refractivity contribution is 0.183. The molecule has 1 aromatic rings. The number of ether oxygens (including phenoxy) is 1. The zero-order valence-electron chi connectivity index (χ0n) is 10.8. The second-order valence-corrected chi connectivity index (χ2v) is 5.30. The number of aryl methyl sites for hydroxylation is 1. The minimum Gasteiger partial charge on any atom is -0.381 e. The molecule has 1 fully saturated rings. The zero-order chi connectivity index (χ0) is 12.3. The Morgan fingerprint density at radius 1 is 1.59 bits per heavy atom. The summed E-state index contributed by atoms with van der Waals surface area (Å²) in [5.41, 5.74) is 7.33. The summed E-state index contributed by atoms with van der Waals surface area (Å²) in [4.78, 5) is 4.22. The second kappa shape index (κ2) is 5.65. The van der Waals surface area contributed by atoms with E-state index < -0.39 is 0 Å². The van der Waals surface area contributed by atoms with Crippen molar-refractivity contribution in [2.45, 2.75) is 39.3 Å². The molecule has 2 heterocycles. The number of hydrogen-bond acceptors (Lipinski definition) is 3. The van der Waals surface area contributed by atoms with Gasteiger partial charge in [-0.05, 0) is 24.7 Å². The van der Waals surface area contributed by atoms with Crippen molar-refractivity contribution >= 4 is 0 Å². The smallest absolute Gasteiger partial charge is 0.0948 e. The van der Waals surface area contributed by atoms with Gasteiger partial charge in [0.05, 0.1) is 12.0 Å². The van der Waals surface area contributed by atoms with Crippen LogP contribution in [-0.2, 0) is 11.3 Å². The molecule has 1 saturated heterocycles.